The fraction of sp³-hybridized carbons (Fsp3) is 0.923. The van der Waals surface area contributed by atoms with E-state index in [1.165, 1.54) is 0 Å². The van der Waals surface area contributed by atoms with Crippen LogP contribution in [0.3, 0.4) is 0 Å². The Morgan fingerprint density at radius 2 is 1.94 bits per heavy atom. The van der Waals surface area contributed by atoms with Gasteiger partial charge in [-0.1, -0.05) is 13.8 Å². The summed E-state index contributed by atoms with van der Waals surface area (Å²) < 4.78 is 0. The fourth-order valence-electron chi connectivity index (χ4n) is 2.45. The number of carbonyl (C=O) groups is 1. The van der Waals surface area contributed by atoms with E-state index in [4.69, 9.17) is 5.73 Å². The van der Waals surface area contributed by atoms with E-state index in [0.717, 1.165) is 32.1 Å². The Morgan fingerprint density at radius 3 is 2.41 bits per heavy atom. The maximum absolute atomic E-state index is 12.0. The standard InChI is InChI=1S/C13H26N2O2/c1-9(2)7-12(8-16)15-13(17)10-3-5-11(14)6-4-10/h9-12,16H,3-8,14H2,1-2H3,(H,15,17). The zero-order valence-electron chi connectivity index (χ0n) is 11.0. The number of rotatable bonds is 5. The minimum absolute atomic E-state index is 0.0240. The van der Waals surface area contributed by atoms with Gasteiger partial charge in [-0.15, -0.1) is 0 Å². The van der Waals surface area contributed by atoms with Crippen molar-refractivity contribution in [1.29, 1.82) is 0 Å². The Hall–Kier alpha value is -0.610. The van der Waals surface area contributed by atoms with Crippen LogP contribution in [-0.4, -0.2) is 29.7 Å². The molecule has 1 fully saturated rings. The van der Waals surface area contributed by atoms with E-state index in [-0.39, 0.29) is 30.5 Å². The lowest BCUT2D eigenvalue weighted by Gasteiger charge is -2.27. The molecular formula is C13H26N2O2. The van der Waals surface area contributed by atoms with Crippen LogP contribution < -0.4 is 11.1 Å². The number of aliphatic hydroxyl groups excluding tert-OH is 1. The van der Waals surface area contributed by atoms with Crippen LogP contribution in [0.2, 0.25) is 0 Å². The van der Waals surface area contributed by atoms with E-state index in [1.54, 1.807) is 0 Å². The zero-order chi connectivity index (χ0) is 12.8. The third kappa shape index (κ3) is 5.04. The van der Waals surface area contributed by atoms with E-state index in [1.807, 2.05) is 0 Å². The number of aliphatic hydroxyl groups is 1. The van der Waals surface area contributed by atoms with Crippen LogP contribution in [0.5, 0.6) is 0 Å². The molecule has 0 aromatic carbocycles. The van der Waals surface area contributed by atoms with Crippen LogP contribution in [0.1, 0.15) is 46.0 Å². The molecule has 4 N–H and O–H groups in total. The van der Waals surface area contributed by atoms with Crippen molar-refractivity contribution in [3.05, 3.63) is 0 Å². The van der Waals surface area contributed by atoms with Crippen LogP contribution in [0.4, 0.5) is 0 Å². The van der Waals surface area contributed by atoms with E-state index in [2.05, 4.69) is 19.2 Å². The molecule has 1 saturated carbocycles. The van der Waals surface area contributed by atoms with Crippen molar-refractivity contribution in [1.82, 2.24) is 5.32 Å². The van der Waals surface area contributed by atoms with Gasteiger partial charge in [-0.2, -0.15) is 0 Å². The van der Waals surface area contributed by atoms with Crippen molar-refractivity contribution in [2.45, 2.75) is 58.0 Å². The molecule has 0 bridgehead atoms. The van der Waals surface area contributed by atoms with Gasteiger partial charge in [0.05, 0.1) is 12.6 Å². The Bertz CT molecular complexity index is 236. The molecule has 1 aliphatic rings. The van der Waals surface area contributed by atoms with Gasteiger partial charge in [0, 0.05) is 12.0 Å². The minimum Gasteiger partial charge on any atom is -0.394 e. The van der Waals surface area contributed by atoms with Gasteiger partial charge in [0.2, 0.25) is 5.91 Å². The number of hydrogen-bond acceptors (Lipinski definition) is 3. The van der Waals surface area contributed by atoms with Crippen molar-refractivity contribution < 1.29 is 9.90 Å². The minimum atomic E-state index is -0.0990. The van der Waals surface area contributed by atoms with Crippen molar-refractivity contribution in [3.8, 4) is 0 Å². The molecule has 0 aromatic rings. The summed E-state index contributed by atoms with van der Waals surface area (Å²) in [5.74, 6) is 0.667. The van der Waals surface area contributed by atoms with Crippen LogP contribution in [-0.2, 0) is 4.79 Å². The first-order chi connectivity index (χ1) is 8.02. The SMILES string of the molecule is CC(C)CC(CO)NC(=O)C1CCC(N)CC1. The Labute approximate surface area is 104 Å². The zero-order valence-corrected chi connectivity index (χ0v) is 11.0. The molecule has 0 saturated heterocycles. The predicted molar refractivity (Wildman–Crippen MR) is 68.4 cm³/mol. The third-order valence-electron chi connectivity index (χ3n) is 3.47. The molecule has 0 spiro atoms. The van der Waals surface area contributed by atoms with Gasteiger partial charge in [0.1, 0.15) is 0 Å². The highest BCUT2D eigenvalue weighted by Gasteiger charge is 2.26. The molecule has 1 rings (SSSR count). The molecule has 1 atom stereocenters. The molecule has 4 heteroatoms. The van der Waals surface area contributed by atoms with Crippen molar-refractivity contribution in [2.75, 3.05) is 6.61 Å². The van der Waals surface area contributed by atoms with Crippen LogP contribution >= 0.6 is 0 Å². The van der Waals surface area contributed by atoms with Gasteiger partial charge in [0.25, 0.3) is 0 Å². The van der Waals surface area contributed by atoms with Gasteiger partial charge in [-0.25, -0.2) is 0 Å². The molecule has 100 valence electrons. The fourth-order valence-corrected chi connectivity index (χ4v) is 2.45. The quantitative estimate of drug-likeness (QED) is 0.674. The molecule has 0 heterocycles. The molecule has 17 heavy (non-hydrogen) atoms. The van der Waals surface area contributed by atoms with Gasteiger partial charge >= 0.3 is 0 Å². The first kappa shape index (κ1) is 14.5. The van der Waals surface area contributed by atoms with Crippen LogP contribution in [0, 0.1) is 11.8 Å². The number of hydrogen-bond donors (Lipinski definition) is 3. The molecule has 1 unspecified atom stereocenters. The van der Waals surface area contributed by atoms with E-state index in [9.17, 15) is 9.90 Å². The van der Waals surface area contributed by atoms with Crippen LogP contribution in [0.15, 0.2) is 0 Å². The second kappa shape index (κ2) is 6.97. The highest BCUT2D eigenvalue weighted by molar-refractivity contribution is 5.79. The Morgan fingerprint density at radius 1 is 1.35 bits per heavy atom. The predicted octanol–water partition coefficient (Wildman–Crippen LogP) is 1.03. The summed E-state index contributed by atoms with van der Waals surface area (Å²) in [6.07, 6.45) is 4.46. The summed E-state index contributed by atoms with van der Waals surface area (Å²) in [6.45, 7) is 4.21. The largest absolute Gasteiger partial charge is 0.394 e. The summed E-state index contributed by atoms with van der Waals surface area (Å²) in [5.41, 5.74) is 5.82. The van der Waals surface area contributed by atoms with Gasteiger partial charge < -0.3 is 16.2 Å². The first-order valence-electron chi connectivity index (χ1n) is 6.69. The maximum Gasteiger partial charge on any atom is 0.223 e. The molecule has 0 radical (unpaired) electrons. The lowest BCUT2D eigenvalue weighted by molar-refractivity contribution is -0.127. The average molecular weight is 242 g/mol. The summed E-state index contributed by atoms with van der Waals surface area (Å²) >= 11 is 0. The van der Waals surface area contributed by atoms with Crippen molar-refractivity contribution in [3.63, 3.8) is 0 Å². The maximum atomic E-state index is 12.0. The lowest BCUT2D eigenvalue weighted by atomic mass is 9.85. The summed E-state index contributed by atoms with van der Waals surface area (Å²) in [5, 5.41) is 12.2. The first-order valence-corrected chi connectivity index (χ1v) is 6.69. The molecule has 0 aromatic heterocycles. The van der Waals surface area contributed by atoms with E-state index in [0.29, 0.717) is 5.92 Å². The molecular weight excluding hydrogens is 216 g/mol. The molecule has 1 aliphatic carbocycles. The summed E-state index contributed by atoms with van der Waals surface area (Å²) in [6, 6.07) is 0.168. The lowest BCUT2D eigenvalue weighted by Crippen LogP contribution is -2.43. The van der Waals surface area contributed by atoms with Gasteiger partial charge in [-0.3, -0.25) is 4.79 Å². The average Bonchev–Trinajstić information content (AvgIpc) is 2.28. The highest BCUT2D eigenvalue weighted by Crippen LogP contribution is 2.23. The molecule has 1 amide bonds. The second-order valence-electron chi connectivity index (χ2n) is 5.63. The molecule has 4 nitrogen and oxygen atoms in total. The Balaban J connectivity index is 2.36. The molecule has 0 aliphatic heterocycles. The van der Waals surface area contributed by atoms with Crippen molar-refractivity contribution in [2.24, 2.45) is 17.6 Å². The second-order valence-corrected chi connectivity index (χ2v) is 5.63. The number of carbonyl (C=O) groups excluding carboxylic acids is 1. The smallest absolute Gasteiger partial charge is 0.223 e. The van der Waals surface area contributed by atoms with E-state index >= 15 is 0 Å². The number of nitrogens with two attached hydrogens (primary N) is 1. The van der Waals surface area contributed by atoms with Crippen molar-refractivity contribution >= 4 is 5.91 Å². The van der Waals surface area contributed by atoms with E-state index < -0.39 is 0 Å². The van der Waals surface area contributed by atoms with Crippen LogP contribution in [0.25, 0.3) is 0 Å². The summed E-state index contributed by atoms with van der Waals surface area (Å²) in [4.78, 5) is 12.0. The number of nitrogens with one attached hydrogen (secondary N) is 1. The summed E-state index contributed by atoms with van der Waals surface area (Å²) in [7, 11) is 0. The van der Waals surface area contributed by atoms with Gasteiger partial charge in [0.15, 0.2) is 0 Å². The normalized spacial score (nSPS) is 26.9. The Kier molecular flexibility index (Phi) is 5.92. The number of amides is 1. The topological polar surface area (TPSA) is 75.3 Å². The third-order valence-corrected chi connectivity index (χ3v) is 3.47. The highest BCUT2D eigenvalue weighted by atomic mass is 16.3. The van der Waals surface area contributed by atoms with Gasteiger partial charge in [-0.05, 0) is 38.0 Å². The monoisotopic (exact) mass is 242 g/mol.